The number of aromatic nitrogens is 1. The van der Waals surface area contributed by atoms with E-state index < -0.39 is 17.9 Å². The van der Waals surface area contributed by atoms with E-state index in [1.54, 1.807) is 24.4 Å². The van der Waals surface area contributed by atoms with E-state index in [9.17, 15) is 18.8 Å². The van der Waals surface area contributed by atoms with E-state index in [0.717, 1.165) is 36.9 Å². The molecule has 1 N–H and O–H groups in total. The number of nitrogens with one attached hydrogen (secondary N) is 1. The second-order valence-electron chi connectivity index (χ2n) is 9.14. The molecule has 1 aromatic carbocycles. The highest BCUT2D eigenvalue weighted by atomic mass is 19.1. The van der Waals surface area contributed by atoms with Crippen LogP contribution in [0.15, 0.2) is 36.5 Å². The molecule has 9 heteroatoms. The van der Waals surface area contributed by atoms with Crippen LogP contribution in [0.4, 0.5) is 4.39 Å². The molecule has 0 radical (unpaired) electrons. The minimum atomic E-state index is -0.626. The molecule has 2 atom stereocenters. The van der Waals surface area contributed by atoms with Crippen molar-refractivity contribution in [1.29, 1.82) is 0 Å². The van der Waals surface area contributed by atoms with Gasteiger partial charge in [-0.3, -0.25) is 24.6 Å². The minimum Gasteiger partial charge on any atom is -0.492 e. The number of imide groups is 1. The number of rotatable bonds is 6. The fourth-order valence-electron chi connectivity index (χ4n) is 5.02. The minimum absolute atomic E-state index is 0.192. The molecule has 2 fully saturated rings. The number of hydrogen-bond donors (Lipinski definition) is 1. The number of carbonyl (C=O) groups is 3. The van der Waals surface area contributed by atoms with E-state index in [2.05, 4.69) is 15.2 Å². The first-order valence-corrected chi connectivity index (χ1v) is 11.7. The third-order valence-electron chi connectivity index (χ3n) is 6.86. The maximum absolute atomic E-state index is 13.1. The van der Waals surface area contributed by atoms with Crippen LogP contribution in [-0.2, 0) is 22.7 Å². The maximum atomic E-state index is 13.1. The standard InChI is InChI=1S/C25H27FN4O4/c26-22-8-4-16(12-27-22)13-29-10-2-1-3-18(29)15-34-19-5-6-20-17(11-19)14-30(25(20)33)21-7-9-23(31)28-24(21)32/h4-6,8,11-12,18,21H,1-3,7,9-10,13-15H2,(H,28,31,32). The van der Waals surface area contributed by atoms with Gasteiger partial charge in [0.05, 0.1) is 0 Å². The third kappa shape index (κ3) is 4.65. The summed E-state index contributed by atoms with van der Waals surface area (Å²) in [5.41, 5.74) is 2.36. The number of benzene rings is 1. The Kier molecular flexibility index (Phi) is 6.28. The summed E-state index contributed by atoms with van der Waals surface area (Å²) in [4.78, 5) is 44.2. The van der Waals surface area contributed by atoms with Crippen LogP contribution in [0.5, 0.6) is 5.75 Å². The van der Waals surface area contributed by atoms with Crippen molar-refractivity contribution in [2.75, 3.05) is 13.2 Å². The van der Waals surface area contributed by atoms with Crippen molar-refractivity contribution in [3.05, 3.63) is 59.2 Å². The molecule has 5 rings (SSSR count). The van der Waals surface area contributed by atoms with Crippen LogP contribution >= 0.6 is 0 Å². The predicted molar refractivity (Wildman–Crippen MR) is 120 cm³/mol. The Labute approximate surface area is 197 Å². The van der Waals surface area contributed by atoms with E-state index in [1.165, 1.54) is 11.0 Å². The van der Waals surface area contributed by atoms with E-state index in [-0.39, 0.29) is 24.3 Å². The lowest BCUT2D eigenvalue weighted by atomic mass is 10.0. The van der Waals surface area contributed by atoms with Crippen LogP contribution in [0.3, 0.4) is 0 Å². The summed E-state index contributed by atoms with van der Waals surface area (Å²) in [5.74, 6) is -0.697. The van der Waals surface area contributed by atoms with Crippen molar-refractivity contribution < 1.29 is 23.5 Å². The fraction of sp³-hybridized carbons (Fsp3) is 0.440. The van der Waals surface area contributed by atoms with Crippen LogP contribution in [0.1, 0.15) is 53.6 Å². The van der Waals surface area contributed by atoms with Gasteiger partial charge in [-0.15, -0.1) is 0 Å². The van der Waals surface area contributed by atoms with Gasteiger partial charge in [-0.05, 0) is 61.2 Å². The Bertz CT molecular complexity index is 1110. The van der Waals surface area contributed by atoms with E-state index in [0.29, 0.717) is 37.4 Å². The van der Waals surface area contributed by atoms with Gasteiger partial charge in [-0.25, -0.2) is 4.98 Å². The average molecular weight is 467 g/mol. The summed E-state index contributed by atoms with van der Waals surface area (Å²) < 4.78 is 19.3. The van der Waals surface area contributed by atoms with E-state index in [4.69, 9.17) is 4.74 Å². The van der Waals surface area contributed by atoms with Crippen LogP contribution in [0, 0.1) is 5.95 Å². The highest BCUT2D eigenvalue weighted by molar-refractivity contribution is 6.05. The number of halogens is 1. The first-order chi connectivity index (χ1) is 16.5. The molecule has 34 heavy (non-hydrogen) atoms. The van der Waals surface area contributed by atoms with Crippen molar-refractivity contribution >= 4 is 17.7 Å². The zero-order chi connectivity index (χ0) is 23.7. The largest absolute Gasteiger partial charge is 0.492 e. The molecule has 1 aromatic heterocycles. The fourth-order valence-corrected chi connectivity index (χ4v) is 5.02. The molecule has 3 aliphatic heterocycles. The van der Waals surface area contributed by atoms with Gasteiger partial charge < -0.3 is 9.64 Å². The molecule has 3 amide bonds. The van der Waals surface area contributed by atoms with Crippen LogP contribution in [-0.4, -0.2) is 57.7 Å². The smallest absolute Gasteiger partial charge is 0.255 e. The Balaban J connectivity index is 1.22. The zero-order valence-electron chi connectivity index (χ0n) is 18.8. The lowest BCUT2D eigenvalue weighted by Gasteiger charge is -2.35. The molecule has 8 nitrogen and oxygen atoms in total. The number of nitrogens with zero attached hydrogens (tertiary/aromatic N) is 3. The Hall–Kier alpha value is -3.33. The molecular weight excluding hydrogens is 439 g/mol. The third-order valence-corrected chi connectivity index (χ3v) is 6.86. The van der Waals surface area contributed by atoms with Crippen LogP contribution in [0.2, 0.25) is 0 Å². The molecule has 0 aliphatic carbocycles. The Morgan fingerprint density at radius 3 is 2.79 bits per heavy atom. The normalized spacial score (nSPS) is 23.1. The first kappa shape index (κ1) is 22.5. The predicted octanol–water partition coefficient (Wildman–Crippen LogP) is 2.42. The number of fused-ring (bicyclic) bond motifs is 1. The average Bonchev–Trinajstić information content (AvgIpc) is 3.15. The van der Waals surface area contributed by atoms with Crippen molar-refractivity contribution in [2.45, 2.75) is 57.3 Å². The highest BCUT2D eigenvalue weighted by Crippen LogP contribution is 2.30. The molecule has 0 saturated carbocycles. The van der Waals surface area contributed by atoms with Gasteiger partial charge in [0.25, 0.3) is 5.91 Å². The lowest BCUT2D eigenvalue weighted by molar-refractivity contribution is -0.136. The summed E-state index contributed by atoms with van der Waals surface area (Å²) in [5, 5.41) is 2.32. The van der Waals surface area contributed by atoms with Crippen molar-refractivity contribution in [3.8, 4) is 5.75 Å². The van der Waals surface area contributed by atoms with Gasteiger partial charge in [0.2, 0.25) is 17.8 Å². The maximum Gasteiger partial charge on any atom is 0.255 e. The highest BCUT2D eigenvalue weighted by Gasteiger charge is 2.39. The second kappa shape index (κ2) is 9.50. The molecule has 4 heterocycles. The van der Waals surface area contributed by atoms with Crippen LogP contribution < -0.4 is 10.1 Å². The van der Waals surface area contributed by atoms with E-state index >= 15 is 0 Å². The zero-order valence-corrected chi connectivity index (χ0v) is 18.8. The summed E-state index contributed by atoms with van der Waals surface area (Å²) in [6.45, 7) is 2.48. The molecule has 0 spiro atoms. The molecule has 178 valence electrons. The summed E-state index contributed by atoms with van der Waals surface area (Å²) >= 11 is 0. The first-order valence-electron chi connectivity index (χ1n) is 11.7. The van der Waals surface area contributed by atoms with Crippen molar-refractivity contribution in [1.82, 2.24) is 20.1 Å². The number of pyridine rings is 1. The number of carbonyl (C=O) groups excluding carboxylic acids is 3. The summed E-state index contributed by atoms with van der Waals surface area (Å²) in [7, 11) is 0. The molecule has 3 aliphatic rings. The summed E-state index contributed by atoms with van der Waals surface area (Å²) in [6.07, 6.45) is 5.41. The number of ether oxygens (including phenoxy) is 1. The Morgan fingerprint density at radius 2 is 2.00 bits per heavy atom. The molecule has 2 unspecified atom stereocenters. The second-order valence-corrected chi connectivity index (χ2v) is 9.14. The van der Waals surface area contributed by atoms with Gasteiger partial charge in [-0.1, -0.05) is 12.5 Å². The molecule has 2 saturated heterocycles. The number of likely N-dealkylation sites (tertiary alicyclic amines) is 1. The number of piperidine rings is 2. The van der Waals surface area contributed by atoms with Crippen LogP contribution in [0.25, 0.3) is 0 Å². The van der Waals surface area contributed by atoms with Crippen molar-refractivity contribution in [3.63, 3.8) is 0 Å². The molecule has 0 bridgehead atoms. The lowest BCUT2D eigenvalue weighted by Crippen LogP contribution is -2.52. The van der Waals surface area contributed by atoms with E-state index in [1.807, 2.05) is 6.07 Å². The van der Waals surface area contributed by atoms with Gasteiger partial charge in [-0.2, -0.15) is 4.39 Å². The summed E-state index contributed by atoms with van der Waals surface area (Å²) in [6, 6.07) is 8.17. The monoisotopic (exact) mass is 466 g/mol. The van der Waals surface area contributed by atoms with Gasteiger partial charge >= 0.3 is 0 Å². The quantitative estimate of drug-likeness (QED) is 0.519. The SMILES string of the molecule is O=C1CCC(N2Cc3cc(OCC4CCCCN4Cc4ccc(F)nc4)ccc3C2=O)C(=O)N1. The Morgan fingerprint density at radius 1 is 1.12 bits per heavy atom. The number of amides is 3. The molecule has 2 aromatic rings. The van der Waals surface area contributed by atoms with Gasteiger partial charge in [0, 0.05) is 37.3 Å². The topological polar surface area (TPSA) is 91.8 Å². The number of hydrogen-bond acceptors (Lipinski definition) is 6. The molecular formula is C25H27FN4O4. The van der Waals surface area contributed by atoms with Gasteiger partial charge in [0.1, 0.15) is 18.4 Å². The van der Waals surface area contributed by atoms with Gasteiger partial charge in [0.15, 0.2) is 0 Å². The van der Waals surface area contributed by atoms with Crippen molar-refractivity contribution in [2.24, 2.45) is 0 Å².